The van der Waals surface area contributed by atoms with Gasteiger partial charge in [0.2, 0.25) is 0 Å². The highest BCUT2D eigenvalue weighted by Gasteiger charge is 2.10. The molecule has 0 radical (unpaired) electrons. The van der Waals surface area contributed by atoms with E-state index in [9.17, 15) is 0 Å². The van der Waals surface area contributed by atoms with Gasteiger partial charge in [-0.25, -0.2) is 0 Å². The highest BCUT2D eigenvalue weighted by Crippen LogP contribution is 2.29. The van der Waals surface area contributed by atoms with Crippen molar-refractivity contribution in [1.29, 1.82) is 0 Å². The Balaban J connectivity index is 1.85. The zero-order valence-electron chi connectivity index (χ0n) is 11.9. The highest BCUT2D eigenvalue weighted by molar-refractivity contribution is 9.10. The van der Waals surface area contributed by atoms with Crippen molar-refractivity contribution >= 4 is 32.6 Å². The van der Waals surface area contributed by atoms with E-state index in [-0.39, 0.29) is 0 Å². The van der Waals surface area contributed by atoms with E-state index in [2.05, 4.69) is 27.3 Å². The van der Waals surface area contributed by atoms with E-state index in [0.717, 1.165) is 32.6 Å². The number of furan rings is 1. The first-order valence-electron chi connectivity index (χ1n) is 6.73. The fourth-order valence-electron chi connectivity index (χ4n) is 2.40. The van der Waals surface area contributed by atoms with Crippen LogP contribution >= 0.6 is 15.9 Å². The molecule has 108 valence electrons. The molecule has 4 heteroatoms. The number of benzene rings is 2. The summed E-state index contributed by atoms with van der Waals surface area (Å²) in [4.78, 5) is 0. The Morgan fingerprint density at radius 1 is 1.19 bits per heavy atom. The molecular formula is C17H16BrNO2. The molecule has 1 heterocycles. The summed E-state index contributed by atoms with van der Waals surface area (Å²) in [5.74, 6) is 1.77. The van der Waals surface area contributed by atoms with Crippen molar-refractivity contribution in [3.63, 3.8) is 0 Å². The molecule has 21 heavy (non-hydrogen) atoms. The standard InChI is InChI=1S/C17H16BrNO2/c1-11-14(13-5-3-4-6-16(13)21-11)10-19-12-7-8-15(18)17(9-12)20-2/h3-9,19H,10H2,1-2H3. The maximum Gasteiger partial charge on any atom is 0.135 e. The van der Waals surface area contributed by atoms with Crippen molar-refractivity contribution in [2.75, 3.05) is 12.4 Å². The van der Waals surface area contributed by atoms with Gasteiger partial charge in [-0.3, -0.25) is 0 Å². The Labute approximate surface area is 132 Å². The molecule has 0 amide bonds. The highest BCUT2D eigenvalue weighted by atomic mass is 79.9. The molecule has 2 aromatic carbocycles. The van der Waals surface area contributed by atoms with Crippen LogP contribution < -0.4 is 10.1 Å². The summed E-state index contributed by atoms with van der Waals surface area (Å²) in [6.45, 7) is 2.72. The second-order valence-corrected chi connectivity index (χ2v) is 5.69. The number of anilines is 1. The van der Waals surface area contributed by atoms with Crippen LogP contribution in [0.1, 0.15) is 11.3 Å². The molecule has 0 saturated carbocycles. The third-order valence-corrected chi connectivity index (χ3v) is 4.18. The van der Waals surface area contributed by atoms with Gasteiger partial charge >= 0.3 is 0 Å². The Morgan fingerprint density at radius 2 is 2.00 bits per heavy atom. The number of ether oxygens (including phenoxy) is 1. The van der Waals surface area contributed by atoms with Crippen LogP contribution in [0.4, 0.5) is 5.69 Å². The summed E-state index contributed by atoms with van der Waals surface area (Å²) < 4.78 is 12.0. The van der Waals surface area contributed by atoms with Crippen molar-refractivity contribution < 1.29 is 9.15 Å². The Kier molecular flexibility index (Phi) is 3.88. The van der Waals surface area contributed by atoms with Gasteiger partial charge in [-0.1, -0.05) is 18.2 Å². The normalized spacial score (nSPS) is 10.8. The number of aryl methyl sites for hydroxylation is 1. The summed E-state index contributed by atoms with van der Waals surface area (Å²) >= 11 is 3.46. The summed E-state index contributed by atoms with van der Waals surface area (Å²) in [5, 5.41) is 4.58. The maximum absolute atomic E-state index is 5.78. The van der Waals surface area contributed by atoms with Gasteiger partial charge < -0.3 is 14.5 Å². The third kappa shape index (κ3) is 2.76. The molecule has 1 aromatic heterocycles. The first kappa shape index (κ1) is 14.0. The number of fused-ring (bicyclic) bond motifs is 1. The van der Waals surface area contributed by atoms with Crippen LogP contribution in [0.5, 0.6) is 5.75 Å². The van der Waals surface area contributed by atoms with Crippen LogP contribution in [-0.4, -0.2) is 7.11 Å². The molecule has 0 unspecified atom stereocenters. The average molecular weight is 346 g/mol. The predicted octanol–water partition coefficient (Wildman–Crippen LogP) is 5.12. The predicted molar refractivity (Wildman–Crippen MR) is 89.0 cm³/mol. The maximum atomic E-state index is 5.78. The van der Waals surface area contributed by atoms with Crippen molar-refractivity contribution in [2.24, 2.45) is 0 Å². The zero-order valence-corrected chi connectivity index (χ0v) is 13.5. The van der Waals surface area contributed by atoms with Crippen LogP contribution in [0.25, 0.3) is 11.0 Å². The molecule has 3 aromatic rings. The molecule has 0 aliphatic rings. The largest absolute Gasteiger partial charge is 0.495 e. The number of rotatable bonds is 4. The van der Waals surface area contributed by atoms with Crippen molar-refractivity contribution in [2.45, 2.75) is 13.5 Å². The van der Waals surface area contributed by atoms with Gasteiger partial charge in [0.25, 0.3) is 0 Å². The Bertz CT molecular complexity index is 780. The van der Waals surface area contributed by atoms with E-state index in [1.165, 1.54) is 5.56 Å². The van der Waals surface area contributed by atoms with Gasteiger partial charge in [0.1, 0.15) is 17.1 Å². The fourth-order valence-corrected chi connectivity index (χ4v) is 2.81. The first-order valence-corrected chi connectivity index (χ1v) is 7.53. The minimum absolute atomic E-state index is 0.716. The molecular weight excluding hydrogens is 330 g/mol. The van der Waals surface area contributed by atoms with E-state index in [1.807, 2.05) is 43.3 Å². The van der Waals surface area contributed by atoms with E-state index in [0.29, 0.717) is 6.54 Å². The second kappa shape index (κ2) is 5.82. The quantitative estimate of drug-likeness (QED) is 0.712. The molecule has 3 nitrogen and oxygen atoms in total. The van der Waals surface area contributed by atoms with E-state index >= 15 is 0 Å². The molecule has 0 aliphatic heterocycles. The topological polar surface area (TPSA) is 34.4 Å². The summed E-state index contributed by atoms with van der Waals surface area (Å²) in [5.41, 5.74) is 3.13. The van der Waals surface area contributed by atoms with Crippen LogP contribution in [0.2, 0.25) is 0 Å². The average Bonchev–Trinajstić information content (AvgIpc) is 2.82. The molecule has 1 N–H and O–H groups in total. The zero-order chi connectivity index (χ0) is 14.8. The van der Waals surface area contributed by atoms with Gasteiger partial charge in [-0.05, 0) is 41.1 Å². The van der Waals surface area contributed by atoms with Crippen molar-refractivity contribution in [1.82, 2.24) is 0 Å². The number of hydrogen-bond acceptors (Lipinski definition) is 3. The summed E-state index contributed by atoms with van der Waals surface area (Å²) in [6, 6.07) is 14.1. The lowest BCUT2D eigenvalue weighted by Gasteiger charge is -2.09. The van der Waals surface area contributed by atoms with Gasteiger partial charge in [0.15, 0.2) is 0 Å². The van der Waals surface area contributed by atoms with Gasteiger partial charge in [0, 0.05) is 29.2 Å². The monoisotopic (exact) mass is 345 g/mol. The van der Waals surface area contributed by atoms with E-state index < -0.39 is 0 Å². The molecule has 0 fully saturated rings. The van der Waals surface area contributed by atoms with Crippen LogP contribution in [0, 0.1) is 6.92 Å². The third-order valence-electron chi connectivity index (χ3n) is 3.52. The molecule has 3 rings (SSSR count). The van der Waals surface area contributed by atoms with Gasteiger partial charge in [-0.2, -0.15) is 0 Å². The summed E-state index contributed by atoms with van der Waals surface area (Å²) in [6.07, 6.45) is 0. The van der Waals surface area contributed by atoms with Crippen molar-refractivity contribution in [3.8, 4) is 5.75 Å². The fraction of sp³-hybridized carbons (Fsp3) is 0.176. The minimum Gasteiger partial charge on any atom is -0.495 e. The number of nitrogens with one attached hydrogen (secondary N) is 1. The lowest BCUT2D eigenvalue weighted by Crippen LogP contribution is -2.00. The van der Waals surface area contributed by atoms with Gasteiger partial charge in [-0.15, -0.1) is 0 Å². The molecule has 0 saturated heterocycles. The first-order chi connectivity index (χ1) is 10.2. The lowest BCUT2D eigenvalue weighted by molar-refractivity contribution is 0.412. The van der Waals surface area contributed by atoms with Gasteiger partial charge in [0.05, 0.1) is 11.6 Å². The Hall–Kier alpha value is -1.94. The van der Waals surface area contributed by atoms with Crippen LogP contribution in [0.15, 0.2) is 51.4 Å². The molecule has 0 atom stereocenters. The molecule has 0 bridgehead atoms. The van der Waals surface area contributed by atoms with Crippen LogP contribution in [-0.2, 0) is 6.54 Å². The number of methoxy groups -OCH3 is 1. The molecule has 0 spiro atoms. The minimum atomic E-state index is 0.716. The van der Waals surface area contributed by atoms with E-state index in [4.69, 9.17) is 9.15 Å². The van der Waals surface area contributed by atoms with E-state index in [1.54, 1.807) is 7.11 Å². The smallest absolute Gasteiger partial charge is 0.135 e. The lowest BCUT2D eigenvalue weighted by atomic mass is 10.1. The number of hydrogen-bond donors (Lipinski definition) is 1. The number of halogens is 1. The number of para-hydroxylation sites is 1. The Morgan fingerprint density at radius 3 is 2.81 bits per heavy atom. The SMILES string of the molecule is COc1cc(NCc2c(C)oc3ccccc23)ccc1Br. The second-order valence-electron chi connectivity index (χ2n) is 4.84. The summed E-state index contributed by atoms with van der Waals surface area (Å²) in [7, 11) is 1.66. The van der Waals surface area contributed by atoms with Crippen LogP contribution in [0.3, 0.4) is 0 Å². The van der Waals surface area contributed by atoms with Crippen molar-refractivity contribution in [3.05, 3.63) is 58.3 Å². The molecule has 0 aliphatic carbocycles.